The van der Waals surface area contributed by atoms with Crippen molar-refractivity contribution in [2.45, 2.75) is 50.7 Å². The van der Waals surface area contributed by atoms with Gasteiger partial charge in [0, 0.05) is 6.42 Å². The molecule has 112 valence electrons. The Labute approximate surface area is 112 Å². The molecule has 2 fully saturated rings. The molecule has 1 aliphatic carbocycles. The number of hydrogen-bond acceptors (Lipinski definition) is 3. The van der Waals surface area contributed by atoms with Gasteiger partial charge >= 0.3 is 12.1 Å². The molecule has 1 unspecified atom stereocenters. The number of likely N-dealkylation sites (tertiary alicyclic amines) is 1. The van der Waals surface area contributed by atoms with Crippen LogP contribution in [0.5, 0.6) is 0 Å². The van der Waals surface area contributed by atoms with E-state index >= 15 is 0 Å². The van der Waals surface area contributed by atoms with Crippen molar-refractivity contribution < 1.29 is 32.7 Å². The lowest BCUT2D eigenvalue weighted by Crippen LogP contribution is -2.64. The van der Waals surface area contributed by atoms with Crippen molar-refractivity contribution in [3.05, 3.63) is 0 Å². The minimum absolute atomic E-state index is 0.0827. The molecule has 2 rings (SSSR count). The van der Waals surface area contributed by atoms with Crippen molar-refractivity contribution in [1.82, 2.24) is 4.90 Å². The van der Waals surface area contributed by atoms with Crippen LogP contribution in [0.15, 0.2) is 0 Å². The highest BCUT2D eigenvalue weighted by molar-refractivity contribution is 6.09. The van der Waals surface area contributed by atoms with Gasteiger partial charge in [0.25, 0.3) is 0 Å². The molecule has 1 saturated carbocycles. The van der Waals surface area contributed by atoms with Crippen molar-refractivity contribution in [2.24, 2.45) is 5.41 Å². The highest BCUT2D eigenvalue weighted by Gasteiger charge is 2.69. The molecule has 0 aromatic rings. The Balaban J connectivity index is 2.48. The first kappa shape index (κ1) is 14.8. The number of carboxylic acid groups (broad SMARTS) is 1. The Bertz CT molecular complexity index is 482. The van der Waals surface area contributed by atoms with Gasteiger partial charge in [-0.15, -0.1) is 0 Å². The normalized spacial score (nSPS) is 25.3. The summed E-state index contributed by atoms with van der Waals surface area (Å²) in [4.78, 5) is 35.2. The number of amides is 2. The van der Waals surface area contributed by atoms with Crippen molar-refractivity contribution >= 4 is 17.8 Å². The fourth-order valence-corrected chi connectivity index (χ4v) is 3.03. The lowest BCUT2D eigenvalue weighted by molar-refractivity contribution is -0.230. The van der Waals surface area contributed by atoms with Crippen LogP contribution < -0.4 is 0 Å². The van der Waals surface area contributed by atoms with E-state index in [9.17, 15) is 27.6 Å². The Morgan fingerprint density at radius 3 is 2.15 bits per heavy atom. The molecule has 2 aliphatic rings. The van der Waals surface area contributed by atoms with Crippen molar-refractivity contribution in [3.63, 3.8) is 0 Å². The van der Waals surface area contributed by atoms with E-state index in [1.165, 1.54) is 0 Å². The van der Waals surface area contributed by atoms with E-state index in [0.717, 1.165) is 0 Å². The average molecular weight is 293 g/mol. The minimum Gasteiger partial charge on any atom is -0.479 e. The van der Waals surface area contributed by atoms with Crippen molar-refractivity contribution in [3.8, 4) is 0 Å². The molecule has 0 aromatic heterocycles. The fraction of sp³-hybridized carbons (Fsp3) is 0.750. The summed E-state index contributed by atoms with van der Waals surface area (Å²) in [6.07, 6.45) is -3.58. The van der Waals surface area contributed by atoms with Crippen molar-refractivity contribution in [1.29, 1.82) is 0 Å². The second kappa shape index (κ2) is 4.20. The molecule has 1 N–H and O–H groups in total. The standard InChI is InChI=1S/C12H14F3NO4/c1-10(9(19)20,12(13,14)15)16-7(17)6-11(8(16)18)4-2-3-5-11/h2-6H2,1H3,(H,19,20). The largest absolute Gasteiger partial charge is 0.479 e. The van der Waals surface area contributed by atoms with Gasteiger partial charge in [-0.05, 0) is 19.8 Å². The van der Waals surface area contributed by atoms with Crippen LogP contribution in [0.4, 0.5) is 13.2 Å². The van der Waals surface area contributed by atoms with Gasteiger partial charge in [-0.1, -0.05) is 12.8 Å². The summed E-state index contributed by atoms with van der Waals surface area (Å²) < 4.78 is 39.3. The van der Waals surface area contributed by atoms with E-state index in [0.29, 0.717) is 32.6 Å². The number of imide groups is 1. The van der Waals surface area contributed by atoms with Crippen LogP contribution in [0.3, 0.4) is 0 Å². The minimum atomic E-state index is -5.23. The molecule has 2 amide bonds. The van der Waals surface area contributed by atoms with E-state index in [1.54, 1.807) is 0 Å². The molecule has 5 nitrogen and oxygen atoms in total. The van der Waals surface area contributed by atoms with Gasteiger partial charge in [0.15, 0.2) is 0 Å². The number of halogens is 3. The summed E-state index contributed by atoms with van der Waals surface area (Å²) in [6.45, 7) is 0.360. The first-order valence-electron chi connectivity index (χ1n) is 6.24. The van der Waals surface area contributed by atoms with Crippen LogP contribution in [-0.4, -0.2) is 39.5 Å². The second-order valence-electron chi connectivity index (χ2n) is 5.57. The Morgan fingerprint density at radius 1 is 1.25 bits per heavy atom. The van der Waals surface area contributed by atoms with Crippen LogP contribution in [0.25, 0.3) is 0 Å². The third kappa shape index (κ3) is 1.73. The van der Waals surface area contributed by atoms with Crippen molar-refractivity contribution in [2.75, 3.05) is 0 Å². The fourth-order valence-electron chi connectivity index (χ4n) is 3.03. The zero-order valence-electron chi connectivity index (χ0n) is 10.8. The number of carboxylic acids is 1. The third-order valence-corrected chi connectivity index (χ3v) is 4.37. The van der Waals surface area contributed by atoms with Crippen LogP contribution in [0.2, 0.25) is 0 Å². The van der Waals surface area contributed by atoms with Gasteiger partial charge in [-0.3, -0.25) is 14.5 Å². The van der Waals surface area contributed by atoms with E-state index < -0.39 is 34.9 Å². The van der Waals surface area contributed by atoms with E-state index in [4.69, 9.17) is 5.11 Å². The number of aliphatic carboxylic acids is 1. The van der Waals surface area contributed by atoms with Crippen LogP contribution in [0.1, 0.15) is 39.0 Å². The zero-order chi connectivity index (χ0) is 15.3. The van der Waals surface area contributed by atoms with Crippen LogP contribution >= 0.6 is 0 Å². The summed E-state index contributed by atoms with van der Waals surface area (Å²) in [5.41, 5.74) is -4.63. The van der Waals surface area contributed by atoms with Gasteiger partial charge in [-0.2, -0.15) is 13.2 Å². The summed E-state index contributed by atoms with van der Waals surface area (Å²) in [5.74, 6) is -4.30. The summed E-state index contributed by atoms with van der Waals surface area (Å²) in [6, 6.07) is 0. The Morgan fingerprint density at radius 2 is 1.75 bits per heavy atom. The predicted molar refractivity (Wildman–Crippen MR) is 59.5 cm³/mol. The molecule has 0 bridgehead atoms. The zero-order valence-corrected chi connectivity index (χ0v) is 10.8. The van der Waals surface area contributed by atoms with Crippen LogP contribution in [0, 0.1) is 5.41 Å². The first-order chi connectivity index (χ1) is 9.06. The lowest BCUT2D eigenvalue weighted by atomic mass is 9.84. The molecule has 1 spiro atoms. The van der Waals surface area contributed by atoms with E-state index in [1.807, 2.05) is 0 Å². The number of carbonyl (C=O) groups excluding carboxylic acids is 2. The maximum Gasteiger partial charge on any atom is 0.422 e. The molecule has 1 atom stereocenters. The molecular weight excluding hydrogens is 279 g/mol. The number of alkyl halides is 3. The van der Waals surface area contributed by atoms with Gasteiger partial charge < -0.3 is 5.11 Å². The SMILES string of the molecule is CC(C(=O)O)(N1C(=O)CC2(CCCC2)C1=O)C(F)(F)F. The average Bonchev–Trinajstić information content (AvgIpc) is 2.84. The molecule has 20 heavy (non-hydrogen) atoms. The Kier molecular flexibility index (Phi) is 3.10. The molecule has 0 radical (unpaired) electrons. The topological polar surface area (TPSA) is 74.7 Å². The molecule has 1 heterocycles. The third-order valence-electron chi connectivity index (χ3n) is 4.37. The highest BCUT2D eigenvalue weighted by atomic mass is 19.4. The number of rotatable bonds is 2. The van der Waals surface area contributed by atoms with Gasteiger partial charge in [-0.25, -0.2) is 4.79 Å². The molecular formula is C12H14F3NO4. The Hall–Kier alpha value is -1.60. The maximum absolute atomic E-state index is 13.1. The second-order valence-corrected chi connectivity index (χ2v) is 5.57. The van der Waals surface area contributed by atoms with Crippen LogP contribution in [-0.2, 0) is 14.4 Å². The summed E-state index contributed by atoms with van der Waals surface area (Å²) in [7, 11) is 0. The van der Waals surface area contributed by atoms with E-state index in [2.05, 4.69) is 0 Å². The smallest absolute Gasteiger partial charge is 0.422 e. The predicted octanol–water partition coefficient (Wildman–Crippen LogP) is 1.71. The summed E-state index contributed by atoms with van der Waals surface area (Å²) in [5, 5.41) is 8.93. The monoisotopic (exact) mass is 293 g/mol. The number of hydrogen-bond donors (Lipinski definition) is 1. The van der Waals surface area contributed by atoms with Gasteiger partial charge in [0.1, 0.15) is 0 Å². The maximum atomic E-state index is 13.1. The van der Waals surface area contributed by atoms with Gasteiger partial charge in [0.05, 0.1) is 5.41 Å². The van der Waals surface area contributed by atoms with E-state index in [-0.39, 0.29) is 11.3 Å². The molecule has 1 saturated heterocycles. The lowest BCUT2D eigenvalue weighted by Gasteiger charge is -2.35. The molecule has 8 heteroatoms. The number of carbonyl (C=O) groups is 3. The first-order valence-corrected chi connectivity index (χ1v) is 6.24. The van der Waals surface area contributed by atoms with Gasteiger partial charge in [0.2, 0.25) is 17.4 Å². The quantitative estimate of drug-likeness (QED) is 0.786. The highest BCUT2D eigenvalue weighted by Crippen LogP contribution is 2.50. The molecule has 0 aromatic carbocycles. The summed E-state index contributed by atoms with van der Waals surface area (Å²) >= 11 is 0. The molecule has 1 aliphatic heterocycles. The number of nitrogens with zero attached hydrogens (tertiary/aromatic N) is 1.